The van der Waals surface area contributed by atoms with Gasteiger partial charge in [0.25, 0.3) is 11.8 Å². The molecule has 1 aliphatic heterocycles. The van der Waals surface area contributed by atoms with Gasteiger partial charge in [0.2, 0.25) is 0 Å². The number of nitrogens with zero attached hydrogens (tertiary/aromatic N) is 3. The summed E-state index contributed by atoms with van der Waals surface area (Å²) in [6.07, 6.45) is 3.17. The Kier molecular flexibility index (Phi) is 5.31. The van der Waals surface area contributed by atoms with Gasteiger partial charge < -0.3 is 5.32 Å². The number of carbonyl (C=O) groups excluding carboxylic acids is 2. The van der Waals surface area contributed by atoms with Crippen LogP contribution in [0.4, 0.5) is 5.82 Å². The third-order valence-corrected chi connectivity index (χ3v) is 5.47. The minimum absolute atomic E-state index is 0.0105. The van der Waals surface area contributed by atoms with Crippen molar-refractivity contribution >= 4 is 17.6 Å². The molecular weight excluding hydrogens is 376 g/mol. The van der Waals surface area contributed by atoms with Crippen molar-refractivity contribution in [2.45, 2.75) is 26.7 Å². The smallest absolute Gasteiger partial charge is 0.269 e. The van der Waals surface area contributed by atoms with Gasteiger partial charge in [-0.05, 0) is 73.2 Å². The summed E-state index contributed by atoms with van der Waals surface area (Å²) in [4.78, 5) is 35.4. The number of hydrogen-bond donors (Lipinski definition) is 1. The second kappa shape index (κ2) is 8.06. The molecule has 1 N–H and O–H groups in total. The van der Waals surface area contributed by atoms with Gasteiger partial charge in [0.05, 0.1) is 0 Å². The molecule has 2 aromatic heterocycles. The molecule has 0 fully saturated rings. The lowest BCUT2D eigenvalue weighted by molar-refractivity contribution is 0.0955. The van der Waals surface area contributed by atoms with E-state index in [0.717, 1.165) is 39.9 Å². The number of aryl methyl sites for hydroxylation is 2. The SMILES string of the molecule is CNC(=O)c1ccc(Cc2cc3c(cc2C)CCN(c2cccc(C)n2)C3=O)cn1. The van der Waals surface area contributed by atoms with E-state index in [1.807, 2.05) is 37.3 Å². The van der Waals surface area contributed by atoms with Crippen LogP contribution >= 0.6 is 0 Å². The van der Waals surface area contributed by atoms with E-state index in [4.69, 9.17) is 0 Å². The molecule has 1 aliphatic rings. The van der Waals surface area contributed by atoms with Crippen molar-refractivity contribution in [1.82, 2.24) is 15.3 Å². The molecule has 2 amide bonds. The Balaban J connectivity index is 1.62. The Morgan fingerprint density at radius 1 is 1.17 bits per heavy atom. The topological polar surface area (TPSA) is 75.2 Å². The van der Waals surface area contributed by atoms with E-state index in [2.05, 4.69) is 28.3 Å². The second-order valence-electron chi connectivity index (χ2n) is 7.59. The predicted molar refractivity (Wildman–Crippen MR) is 116 cm³/mol. The highest BCUT2D eigenvalue weighted by Gasteiger charge is 2.27. The molecule has 0 bridgehead atoms. The Morgan fingerprint density at radius 3 is 2.70 bits per heavy atom. The van der Waals surface area contributed by atoms with Crippen molar-refractivity contribution < 1.29 is 9.59 Å². The number of aromatic nitrogens is 2. The standard InChI is InChI=1S/C24H24N4O2/c1-15-11-18-9-10-28(22-6-4-5-16(2)27-22)24(30)20(18)13-19(15)12-17-7-8-21(26-14-17)23(29)25-3/h4-8,11,13-14H,9-10,12H2,1-3H3,(H,25,29). The van der Waals surface area contributed by atoms with Crippen LogP contribution in [0.5, 0.6) is 0 Å². The maximum Gasteiger partial charge on any atom is 0.269 e. The summed E-state index contributed by atoms with van der Waals surface area (Å²) in [5, 5.41) is 2.57. The van der Waals surface area contributed by atoms with E-state index in [-0.39, 0.29) is 11.8 Å². The van der Waals surface area contributed by atoms with Crippen molar-refractivity contribution in [3.05, 3.63) is 87.9 Å². The van der Waals surface area contributed by atoms with E-state index in [1.165, 1.54) is 0 Å². The minimum Gasteiger partial charge on any atom is -0.354 e. The number of carbonyl (C=O) groups is 2. The van der Waals surface area contributed by atoms with E-state index >= 15 is 0 Å². The molecule has 6 nitrogen and oxygen atoms in total. The first-order valence-corrected chi connectivity index (χ1v) is 10.0. The number of fused-ring (bicyclic) bond motifs is 1. The number of pyridine rings is 2. The first-order valence-electron chi connectivity index (χ1n) is 10.0. The van der Waals surface area contributed by atoms with Gasteiger partial charge in [0.1, 0.15) is 11.5 Å². The number of hydrogen-bond acceptors (Lipinski definition) is 4. The maximum atomic E-state index is 13.2. The second-order valence-corrected chi connectivity index (χ2v) is 7.59. The average Bonchev–Trinajstić information content (AvgIpc) is 2.75. The monoisotopic (exact) mass is 400 g/mol. The summed E-state index contributed by atoms with van der Waals surface area (Å²) in [7, 11) is 1.58. The number of nitrogens with one attached hydrogen (secondary N) is 1. The van der Waals surface area contributed by atoms with Crippen molar-refractivity contribution in [3.8, 4) is 0 Å². The third-order valence-electron chi connectivity index (χ3n) is 5.47. The molecule has 0 spiro atoms. The lowest BCUT2D eigenvalue weighted by Gasteiger charge is -2.29. The van der Waals surface area contributed by atoms with Crippen molar-refractivity contribution in [3.63, 3.8) is 0 Å². The number of anilines is 1. The fourth-order valence-electron chi connectivity index (χ4n) is 3.80. The quantitative estimate of drug-likeness (QED) is 0.730. The molecule has 3 heterocycles. The van der Waals surface area contributed by atoms with Crippen LogP contribution in [0.3, 0.4) is 0 Å². The normalized spacial score (nSPS) is 13.2. The summed E-state index contributed by atoms with van der Waals surface area (Å²) >= 11 is 0. The molecule has 6 heteroatoms. The Morgan fingerprint density at radius 2 is 2.00 bits per heavy atom. The van der Waals surface area contributed by atoms with Crippen LogP contribution in [0, 0.1) is 13.8 Å². The zero-order valence-corrected chi connectivity index (χ0v) is 17.4. The van der Waals surface area contributed by atoms with Crippen LogP contribution in [0.1, 0.15) is 48.8 Å². The Bertz CT molecular complexity index is 1120. The highest BCUT2D eigenvalue weighted by molar-refractivity contribution is 6.08. The summed E-state index contributed by atoms with van der Waals surface area (Å²) in [6.45, 7) is 4.63. The van der Waals surface area contributed by atoms with Crippen LogP contribution in [-0.4, -0.2) is 35.4 Å². The Labute approximate surface area is 176 Å². The highest BCUT2D eigenvalue weighted by Crippen LogP contribution is 2.27. The molecule has 0 saturated carbocycles. The number of rotatable bonds is 4. The highest BCUT2D eigenvalue weighted by atomic mass is 16.2. The van der Waals surface area contributed by atoms with Crippen molar-refractivity contribution in [1.29, 1.82) is 0 Å². The van der Waals surface area contributed by atoms with Gasteiger partial charge in [0, 0.05) is 31.0 Å². The van der Waals surface area contributed by atoms with Gasteiger partial charge in [-0.25, -0.2) is 4.98 Å². The van der Waals surface area contributed by atoms with E-state index in [1.54, 1.807) is 24.2 Å². The molecule has 0 aliphatic carbocycles. The van der Waals surface area contributed by atoms with Crippen LogP contribution in [0.2, 0.25) is 0 Å². The van der Waals surface area contributed by atoms with Gasteiger partial charge in [-0.15, -0.1) is 0 Å². The first-order chi connectivity index (χ1) is 14.5. The molecule has 0 unspecified atom stereocenters. The molecule has 152 valence electrons. The lowest BCUT2D eigenvalue weighted by Crippen LogP contribution is -2.38. The van der Waals surface area contributed by atoms with E-state index in [0.29, 0.717) is 24.5 Å². The van der Waals surface area contributed by atoms with Crippen LogP contribution in [-0.2, 0) is 12.8 Å². The molecule has 0 atom stereocenters. The third kappa shape index (κ3) is 3.81. The van der Waals surface area contributed by atoms with Gasteiger partial charge in [0.15, 0.2) is 0 Å². The zero-order chi connectivity index (χ0) is 21.3. The molecular formula is C24H24N4O2. The van der Waals surface area contributed by atoms with Crippen LogP contribution in [0.25, 0.3) is 0 Å². The minimum atomic E-state index is -0.207. The average molecular weight is 400 g/mol. The van der Waals surface area contributed by atoms with Crippen molar-refractivity contribution in [2.24, 2.45) is 0 Å². The summed E-state index contributed by atoms with van der Waals surface area (Å²) < 4.78 is 0. The summed E-state index contributed by atoms with van der Waals surface area (Å²) in [5.74, 6) is 0.479. The summed E-state index contributed by atoms with van der Waals surface area (Å²) in [5.41, 5.74) is 6.32. The predicted octanol–water partition coefficient (Wildman–Crippen LogP) is 3.25. The van der Waals surface area contributed by atoms with Crippen molar-refractivity contribution in [2.75, 3.05) is 18.5 Å². The Hall–Kier alpha value is -3.54. The molecule has 0 saturated heterocycles. The van der Waals surface area contributed by atoms with Crippen LogP contribution < -0.4 is 10.2 Å². The number of amides is 2. The van der Waals surface area contributed by atoms with E-state index in [9.17, 15) is 9.59 Å². The summed E-state index contributed by atoms with van der Waals surface area (Å²) in [6, 6.07) is 13.5. The first kappa shape index (κ1) is 19.8. The largest absolute Gasteiger partial charge is 0.354 e. The van der Waals surface area contributed by atoms with Gasteiger partial charge in [-0.2, -0.15) is 0 Å². The van der Waals surface area contributed by atoms with Crippen LogP contribution in [0.15, 0.2) is 48.7 Å². The molecule has 30 heavy (non-hydrogen) atoms. The van der Waals surface area contributed by atoms with Gasteiger partial charge in [-0.3, -0.25) is 19.5 Å². The molecule has 1 aromatic carbocycles. The molecule has 4 rings (SSSR count). The zero-order valence-electron chi connectivity index (χ0n) is 17.4. The number of benzene rings is 1. The lowest BCUT2D eigenvalue weighted by atomic mass is 9.91. The van der Waals surface area contributed by atoms with Gasteiger partial charge in [-0.1, -0.05) is 18.2 Å². The molecule has 3 aromatic rings. The fourth-order valence-corrected chi connectivity index (χ4v) is 3.80. The molecule has 0 radical (unpaired) electrons. The van der Waals surface area contributed by atoms with E-state index < -0.39 is 0 Å². The van der Waals surface area contributed by atoms with Gasteiger partial charge >= 0.3 is 0 Å². The fraction of sp³-hybridized carbons (Fsp3) is 0.250. The maximum absolute atomic E-state index is 13.2.